The third-order valence-corrected chi connectivity index (χ3v) is 8.41. The van der Waals surface area contributed by atoms with Crippen LogP contribution in [0.25, 0.3) is 21.3 Å². The van der Waals surface area contributed by atoms with Crippen LogP contribution in [0, 0.1) is 5.92 Å². The molecule has 2 aliphatic rings. The minimum absolute atomic E-state index is 0.0304. The zero-order valence-electron chi connectivity index (χ0n) is 19.4. The Balaban J connectivity index is 1.54. The monoisotopic (exact) mass is 495 g/mol. The van der Waals surface area contributed by atoms with Crippen LogP contribution in [0.4, 0.5) is 5.82 Å². The fourth-order valence-corrected chi connectivity index (χ4v) is 6.60. The summed E-state index contributed by atoms with van der Waals surface area (Å²) in [5.74, 6) is 2.28. The molecule has 0 N–H and O–H groups in total. The molecule has 1 aromatic carbocycles. The molecule has 6 nitrogen and oxygen atoms in total. The lowest BCUT2D eigenvalue weighted by Gasteiger charge is -2.34. The number of thioether (sulfide) groups is 1. The Labute approximate surface area is 208 Å². The molecule has 2 fully saturated rings. The Bertz CT molecular complexity index is 1190. The van der Waals surface area contributed by atoms with E-state index in [0.717, 1.165) is 55.2 Å². The summed E-state index contributed by atoms with van der Waals surface area (Å²) in [6, 6.07) is 12.2. The van der Waals surface area contributed by atoms with Gasteiger partial charge in [-0.25, -0.2) is 4.98 Å². The Kier molecular flexibility index (Phi) is 7.06. The number of esters is 1. The smallest absolute Gasteiger partial charge is 0.310 e. The standard InChI is InChI=1S/C26H29N3O3S2/c1-2-32-26(31)18-6-5-11-29(16-18)24-20(25(30)28-12-14-33-15-13-28)9-10-22(27-24)21-17-34-23-8-4-3-7-19(21)23/h3-4,7-10,17-18H,2,5-6,11-16H2,1H3. The lowest BCUT2D eigenvalue weighted by molar-refractivity contribution is -0.148. The van der Waals surface area contributed by atoms with Crippen LogP contribution < -0.4 is 4.90 Å². The van der Waals surface area contributed by atoms with Gasteiger partial charge in [0.25, 0.3) is 5.91 Å². The molecule has 178 valence electrons. The first-order chi connectivity index (χ1) is 16.7. The molecule has 1 amide bonds. The molecule has 2 saturated heterocycles. The summed E-state index contributed by atoms with van der Waals surface area (Å²) in [6.45, 7) is 5.02. The number of fused-ring (bicyclic) bond motifs is 1. The van der Waals surface area contributed by atoms with Gasteiger partial charge in [-0.3, -0.25) is 9.59 Å². The van der Waals surface area contributed by atoms with Crippen LogP contribution in [0.5, 0.6) is 0 Å². The van der Waals surface area contributed by atoms with Crippen LogP contribution in [0.2, 0.25) is 0 Å². The average Bonchev–Trinajstić information content (AvgIpc) is 3.33. The van der Waals surface area contributed by atoms with Crippen molar-refractivity contribution in [1.82, 2.24) is 9.88 Å². The van der Waals surface area contributed by atoms with Crippen molar-refractivity contribution >= 4 is 50.9 Å². The van der Waals surface area contributed by atoms with E-state index in [-0.39, 0.29) is 17.8 Å². The number of hydrogen-bond acceptors (Lipinski definition) is 7. The van der Waals surface area contributed by atoms with Gasteiger partial charge < -0.3 is 14.5 Å². The van der Waals surface area contributed by atoms with Gasteiger partial charge in [0.05, 0.1) is 23.8 Å². The Morgan fingerprint density at radius 3 is 2.76 bits per heavy atom. The third kappa shape index (κ3) is 4.66. The van der Waals surface area contributed by atoms with Gasteiger partial charge in [-0.05, 0) is 38.0 Å². The molecule has 0 radical (unpaired) electrons. The second-order valence-corrected chi connectivity index (χ2v) is 10.8. The maximum Gasteiger partial charge on any atom is 0.310 e. The number of amides is 1. The van der Waals surface area contributed by atoms with Crippen molar-refractivity contribution in [3.05, 3.63) is 47.3 Å². The summed E-state index contributed by atoms with van der Waals surface area (Å²) in [5, 5.41) is 3.30. The van der Waals surface area contributed by atoms with Crippen LogP contribution in [-0.4, -0.2) is 66.1 Å². The molecule has 0 spiro atoms. The third-order valence-electron chi connectivity index (χ3n) is 6.50. The molecule has 8 heteroatoms. The van der Waals surface area contributed by atoms with Gasteiger partial charge in [-0.2, -0.15) is 11.8 Å². The zero-order valence-corrected chi connectivity index (χ0v) is 21.0. The van der Waals surface area contributed by atoms with E-state index in [1.54, 1.807) is 11.3 Å². The van der Waals surface area contributed by atoms with Gasteiger partial charge in [0.1, 0.15) is 5.82 Å². The number of hydrogen-bond donors (Lipinski definition) is 0. The maximum absolute atomic E-state index is 13.6. The highest BCUT2D eigenvalue weighted by atomic mass is 32.2. The first kappa shape index (κ1) is 23.2. The molecule has 1 unspecified atom stereocenters. The molecule has 1 atom stereocenters. The molecule has 0 aliphatic carbocycles. The van der Waals surface area contributed by atoms with E-state index in [0.29, 0.717) is 24.5 Å². The highest BCUT2D eigenvalue weighted by Crippen LogP contribution is 2.35. The summed E-state index contributed by atoms with van der Waals surface area (Å²) >= 11 is 3.58. The van der Waals surface area contributed by atoms with Crippen molar-refractivity contribution < 1.29 is 14.3 Å². The maximum atomic E-state index is 13.6. The lowest BCUT2D eigenvalue weighted by atomic mass is 9.97. The predicted octanol–water partition coefficient (Wildman–Crippen LogP) is 4.93. The quantitative estimate of drug-likeness (QED) is 0.468. The van der Waals surface area contributed by atoms with Crippen molar-refractivity contribution in [3.8, 4) is 11.3 Å². The Morgan fingerprint density at radius 2 is 1.94 bits per heavy atom. The summed E-state index contributed by atoms with van der Waals surface area (Å²) < 4.78 is 6.52. The van der Waals surface area contributed by atoms with Crippen molar-refractivity contribution in [2.24, 2.45) is 5.92 Å². The highest BCUT2D eigenvalue weighted by Gasteiger charge is 2.31. The zero-order chi connectivity index (χ0) is 23.5. The average molecular weight is 496 g/mol. The second kappa shape index (κ2) is 10.4. The van der Waals surface area contributed by atoms with Crippen molar-refractivity contribution in [2.75, 3.05) is 49.2 Å². The van der Waals surface area contributed by atoms with Crippen LogP contribution in [0.15, 0.2) is 41.8 Å². The van der Waals surface area contributed by atoms with Gasteiger partial charge in [-0.15, -0.1) is 11.3 Å². The van der Waals surface area contributed by atoms with Gasteiger partial charge in [0, 0.05) is 58.7 Å². The molecule has 3 aromatic rings. The first-order valence-electron chi connectivity index (χ1n) is 11.9. The molecule has 4 heterocycles. The molecular formula is C26H29N3O3S2. The Hall–Kier alpha value is -2.58. The molecule has 5 rings (SSSR count). The molecule has 34 heavy (non-hydrogen) atoms. The largest absolute Gasteiger partial charge is 0.466 e. The predicted molar refractivity (Wildman–Crippen MR) is 140 cm³/mol. The van der Waals surface area contributed by atoms with Gasteiger partial charge in [-0.1, -0.05) is 18.2 Å². The van der Waals surface area contributed by atoms with E-state index in [1.165, 1.54) is 10.1 Å². The van der Waals surface area contributed by atoms with Gasteiger partial charge in [0.2, 0.25) is 0 Å². The molecular weight excluding hydrogens is 466 g/mol. The number of pyridine rings is 1. The Morgan fingerprint density at radius 1 is 1.12 bits per heavy atom. The van der Waals surface area contributed by atoms with Crippen LogP contribution in [0.1, 0.15) is 30.1 Å². The number of rotatable bonds is 5. The van der Waals surface area contributed by atoms with Gasteiger partial charge >= 0.3 is 5.97 Å². The normalized spacial score (nSPS) is 18.8. The number of carbonyl (C=O) groups excluding carboxylic acids is 2. The van der Waals surface area contributed by atoms with Gasteiger partial charge in [0.15, 0.2) is 0 Å². The highest BCUT2D eigenvalue weighted by molar-refractivity contribution is 7.99. The number of thiophene rings is 1. The van der Waals surface area contributed by atoms with Crippen LogP contribution >= 0.6 is 23.1 Å². The fraction of sp³-hybridized carbons (Fsp3) is 0.423. The molecule has 2 aromatic heterocycles. The summed E-state index contributed by atoms with van der Waals surface area (Å²) in [7, 11) is 0. The van der Waals surface area contributed by atoms with E-state index in [2.05, 4.69) is 22.4 Å². The van der Waals surface area contributed by atoms with E-state index < -0.39 is 0 Å². The number of benzene rings is 1. The number of nitrogens with zero attached hydrogens (tertiary/aromatic N) is 3. The van der Waals surface area contributed by atoms with Crippen molar-refractivity contribution in [3.63, 3.8) is 0 Å². The fourth-order valence-electron chi connectivity index (χ4n) is 4.74. The summed E-state index contributed by atoms with van der Waals surface area (Å²) in [6.07, 6.45) is 1.67. The minimum atomic E-state index is -0.199. The molecule has 0 bridgehead atoms. The number of piperidine rings is 1. The van der Waals surface area contributed by atoms with Crippen molar-refractivity contribution in [2.45, 2.75) is 19.8 Å². The number of anilines is 1. The SMILES string of the molecule is CCOC(=O)C1CCCN(c2nc(-c3csc4ccccc34)ccc2C(=O)N2CCSCC2)C1. The summed E-state index contributed by atoms with van der Waals surface area (Å²) in [4.78, 5) is 35.2. The lowest BCUT2D eigenvalue weighted by Crippen LogP contribution is -2.42. The van der Waals surface area contributed by atoms with Crippen LogP contribution in [-0.2, 0) is 9.53 Å². The van der Waals surface area contributed by atoms with Crippen molar-refractivity contribution in [1.29, 1.82) is 0 Å². The van der Waals surface area contributed by atoms with E-state index >= 15 is 0 Å². The topological polar surface area (TPSA) is 62.7 Å². The summed E-state index contributed by atoms with van der Waals surface area (Å²) in [5.41, 5.74) is 2.56. The number of aromatic nitrogens is 1. The van der Waals surface area contributed by atoms with E-state index in [1.807, 2.05) is 47.9 Å². The first-order valence-corrected chi connectivity index (χ1v) is 14.0. The van der Waals surface area contributed by atoms with Crippen LogP contribution in [0.3, 0.4) is 0 Å². The number of carbonyl (C=O) groups is 2. The molecule has 0 saturated carbocycles. The second-order valence-electron chi connectivity index (χ2n) is 8.65. The number of ether oxygens (including phenoxy) is 1. The minimum Gasteiger partial charge on any atom is -0.466 e. The van der Waals surface area contributed by atoms with E-state index in [4.69, 9.17) is 9.72 Å². The van der Waals surface area contributed by atoms with E-state index in [9.17, 15) is 9.59 Å². The molecule has 2 aliphatic heterocycles.